The first-order valence-corrected chi connectivity index (χ1v) is 9.36. The summed E-state index contributed by atoms with van der Waals surface area (Å²) in [5.74, 6) is 0. The molecule has 0 fully saturated rings. The predicted octanol–water partition coefficient (Wildman–Crippen LogP) is 5.28. The minimum atomic E-state index is -0.371. The fraction of sp³-hybridized carbons (Fsp3) is 0. The van der Waals surface area contributed by atoms with Crippen LogP contribution in [0.4, 0.5) is 0 Å². The number of para-hydroxylation sites is 1. The number of aromatic amines is 1. The molecule has 3 heterocycles. The van der Waals surface area contributed by atoms with Gasteiger partial charge in [-0.3, -0.25) is 5.10 Å². The Balaban J connectivity index is 1.80. The lowest BCUT2D eigenvalue weighted by atomic mass is 9.95. The lowest BCUT2D eigenvalue weighted by molar-refractivity contribution is 0.534. The highest BCUT2D eigenvalue weighted by molar-refractivity contribution is 6.13. The van der Waals surface area contributed by atoms with Crippen LogP contribution in [0.15, 0.2) is 94.5 Å². The summed E-state index contributed by atoms with van der Waals surface area (Å²) in [6.07, 6.45) is 3.34. The standard InChI is InChI=1S/C24H15N3O2/c28-24-22-20(14-29-24)26-23-19(13-25-27(23)16-9-2-1-3-10-16)21(22)18-12-6-8-15-7-4-5-11-17(15)18/h1-14,25H. The number of hydrogen-bond donors (Lipinski definition) is 1. The van der Waals surface area contributed by atoms with Crippen LogP contribution in [0, 0.1) is 0 Å². The highest BCUT2D eigenvalue weighted by atomic mass is 16.4. The van der Waals surface area contributed by atoms with Crippen LogP contribution >= 0.6 is 0 Å². The molecule has 1 N–H and O–H groups in total. The fourth-order valence-electron chi connectivity index (χ4n) is 4.06. The van der Waals surface area contributed by atoms with E-state index in [1.54, 1.807) is 0 Å². The van der Waals surface area contributed by atoms with Gasteiger partial charge < -0.3 is 4.42 Å². The maximum Gasteiger partial charge on any atom is 0.346 e. The molecule has 0 amide bonds. The molecule has 0 unspecified atom stereocenters. The maximum absolute atomic E-state index is 12.6. The zero-order valence-corrected chi connectivity index (χ0v) is 15.3. The summed E-state index contributed by atoms with van der Waals surface area (Å²) in [5, 5.41) is 6.87. The van der Waals surface area contributed by atoms with Gasteiger partial charge in [0.25, 0.3) is 0 Å². The van der Waals surface area contributed by atoms with Gasteiger partial charge in [0, 0.05) is 17.1 Å². The summed E-state index contributed by atoms with van der Waals surface area (Å²) in [5.41, 5.74) is 3.71. The molecule has 0 saturated carbocycles. The van der Waals surface area contributed by atoms with Crippen molar-refractivity contribution in [3.63, 3.8) is 0 Å². The number of nitrogens with one attached hydrogen (secondary N) is 1. The molecule has 0 aliphatic rings. The molecule has 0 bridgehead atoms. The monoisotopic (exact) mass is 377 g/mol. The van der Waals surface area contributed by atoms with E-state index < -0.39 is 0 Å². The maximum atomic E-state index is 12.6. The number of hydrogen-bond acceptors (Lipinski definition) is 3. The van der Waals surface area contributed by atoms with Crippen LogP contribution in [0.1, 0.15) is 0 Å². The second-order valence-electron chi connectivity index (χ2n) is 6.98. The summed E-state index contributed by atoms with van der Waals surface area (Å²) in [4.78, 5) is 17.3. The Kier molecular flexibility index (Phi) is 3.25. The predicted molar refractivity (Wildman–Crippen MR) is 114 cm³/mol. The molecule has 0 aliphatic carbocycles. The van der Waals surface area contributed by atoms with Gasteiger partial charge in [0.2, 0.25) is 0 Å². The average molecular weight is 377 g/mol. The first-order valence-electron chi connectivity index (χ1n) is 9.36. The van der Waals surface area contributed by atoms with Crippen LogP contribution in [0.3, 0.4) is 0 Å². The van der Waals surface area contributed by atoms with Gasteiger partial charge in [-0.2, -0.15) is 0 Å². The van der Waals surface area contributed by atoms with Gasteiger partial charge in [-0.15, -0.1) is 0 Å². The van der Waals surface area contributed by atoms with Gasteiger partial charge in [-0.05, 0) is 28.5 Å². The molecule has 6 rings (SSSR count). The average Bonchev–Trinajstić information content (AvgIpc) is 3.36. The number of aromatic nitrogens is 3. The normalized spacial score (nSPS) is 11.6. The molecule has 29 heavy (non-hydrogen) atoms. The topological polar surface area (TPSA) is 63.8 Å². The van der Waals surface area contributed by atoms with E-state index in [2.05, 4.69) is 23.3 Å². The Bertz CT molecular complexity index is 1570. The van der Waals surface area contributed by atoms with Gasteiger partial charge in [0.05, 0.1) is 11.1 Å². The van der Waals surface area contributed by atoms with Crippen LogP contribution < -0.4 is 5.63 Å². The number of rotatable bonds is 2. The van der Waals surface area contributed by atoms with E-state index in [4.69, 9.17) is 9.40 Å². The molecular weight excluding hydrogens is 362 g/mol. The minimum Gasteiger partial charge on any atom is -0.428 e. The van der Waals surface area contributed by atoms with Gasteiger partial charge in [0.15, 0.2) is 5.65 Å². The molecule has 0 spiro atoms. The molecule has 5 heteroatoms. The third kappa shape index (κ3) is 2.28. The zero-order chi connectivity index (χ0) is 19.4. The number of H-pyrrole nitrogens is 1. The van der Waals surface area contributed by atoms with Crippen molar-refractivity contribution in [2.24, 2.45) is 0 Å². The lowest BCUT2D eigenvalue weighted by Gasteiger charge is -2.10. The van der Waals surface area contributed by atoms with Crippen molar-refractivity contribution < 1.29 is 4.42 Å². The Hall–Kier alpha value is -4.12. The van der Waals surface area contributed by atoms with E-state index >= 15 is 0 Å². The van der Waals surface area contributed by atoms with E-state index in [9.17, 15) is 4.79 Å². The largest absolute Gasteiger partial charge is 0.428 e. The SMILES string of the molecule is O=c1occ2nc3c(c[nH]n3-c3ccccc3)c(-c3cccc4ccccc34)c12. The van der Waals surface area contributed by atoms with Gasteiger partial charge in [-0.25, -0.2) is 14.5 Å². The van der Waals surface area contributed by atoms with Crippen molar-refractivity contribution in [2.75, 3.05) is 0 Å². The second kappa shape index (κ2) is 5.94. The van der Waals surface area contributed by atoms with Crippen LogP contribution in [-0.2, 0) is 0 Å². The molecule has 3 aromatic carbocycles. The van der Waals surface area contributed by atoms with Crippen LogP contribution in [-0.4, -0.2) is 14.8 Å². The molecule has 3 aromatic heterocycles. The van der Waals surface area contributed by atoms with E-state index in [1.807, 2.05) is 65.5 Å². The Labute approximate surface area is 164 Å². The first kappa shape index (κ1) is 15.9. The van der Waals surface area contributed by atoms with Crippen molar-refractivity contribution in [3.8, 4) is 16.8 Å². The Morgan fingerprint density at radius 2 is 1.66 bits per heavy atom. The second-order valence-corrected chi connectivity index (χ2v) is 6.98. The highest BCUT2D eigenvalue weighted by Crippen LogP contribution is 2.37. The molecule has 0 aliphatic heterocycles. The fourth-order valence-corrected chi connectivity index (χ4v) is 4.06. The number of benzene rings is 3. The lowest BCUT2D eigenvalue weighted by Crippen LogP contribution is -2.00. The van der Waals surface area contributed by atoms with E-state index in [0.29, 0.717) is 10.9 Å². The summed E-state index contributed by atoms with van der Waals surface area (Å²) >= 11 is 0. The molecule has 0 atom stereocenters. The van der Waals surface area contributed by atoms with Crippen LogP contribution in [0.2, 0.25) is 0 Å². The third-order valence-corrected chi connectivity index (χ3v) is 5.35. The summed E-state index contributed by atoms with van der Waals surface area (Å²) in [7, 11) is 0. The molecule has 5 nitrogen and oxygen atoms in total. The first-order chi connectivity index (χ1) is 14.3. The quantitative estimate of drug-likeness (QED) is 0.446. The number of fused-ring (bicyclic) bond motifs is 3. The summed E-state index contributed by atoms with van der Waals surface area (Å²) < 4.78 is 7.16. The zero-order valence-electron chi connectivity index (χ0n) is 15.3. The smallest absolute Gasteiger partial charge is 0.346 e. The van der Waals surface area contributed by atoms with Crippen molar-refractivity contribution in [3.05, 3.63) is 95.7 Å². The molecule has 138 valence electrons. The van der Waals surface area contributed by atoms with Crippen LogP contribution in [0.5, 0.6) is 0 Å². The molecule has 6 aromatic rings. The van der Waals surface area contributed by atoms with Gasteiger partial charge in [0.1, 0.15) is 11.8 Å². The van der Waals surface area contributed by atoms with Crippen molar-refractivity contribution in [1.82, 2.24) is 14.8 Å². The number of nitrogens with zero attached hydrogens (tertiary/aromatic N) is 2. The third-order valence-electron chi connectivity index (χ3n) is 5.35. The van der Waals surface area contributed by atoms with Gasteiger partial charge in [-0.1, -0.05) is 60.7 Å². The number of furan rings is 1. The van der Waals surface area contributed by atoms with E-state index in [0.717, 1.165) is 38.6 Å². The molecule has 0 radical (unpaired) electrons. The molecular formula is C24H15N3O2. The highest BCUT2D eigenvalue weighted by Gasteiger charge is 2.20. The minimum absolute atomic E-state index is 0.371. The van der Waals surface area contributed by atoms with Crippen molar-refractivity contribution in [1.29, 1.82) is 0 Å². The Morgan fingerprint density at radius 3 is 2.55 bits per heavy atom. The van der Waals surface area contributed by atoms with E-state index in [1.165, 1.54) is 6.26 Å². The number of pyridine rings is 1. The van der Waals surface area contributed by atoms with Crippen molar-refractivity contribution in [2.45, 2.75) is 0 Å². The molecule has 0 saturated heterocycles. The van der Waals surface area contributed by atoms with Crippen LogP contribution in [0.25, 0.3) is 49.5 Å². The summed E-state index contributed by atoms with van der Waals surface area (Å²) in [6.45, 7) is 0. The summed E-state index contributed by atoms with van der Waals surface area (Å²) in [6, 6.07) is 24.2. The van der Waals surface area contributed by atoms with E-state index in [-0.39, 0.29) is 5.63 Å². The van der Waals surface area contributed by atoms with Crippen molar-refractivity contribution >= 4 is 32.7 Å². The Morgan fingerprint density at radius 1 is 0.862 bits per heavy atom. The van der Waals surface area contributed by atoms with Gasteiger partial charge >= 0.3 is 5.63 Å².